The Kier molecular flexibility index (Phi) is 6.41. The van der Waals surface area contributed by atoms with Gasteiger partial charge in [-0.3, -0.25) is 4.98 Å². The Morgan fingerprint density at radius 2 is 1.97 bits per heavy atom. The van der Waals surface area contributed by atoms with E-state index in [1.54, 1.807) is 29.4 Å². The molecule has 4 rings (SSSR count). The number of halogens is 3. The molecular weight excluding hydrogens is 459 g/mol. The summed E-state index contributed by atoms with van der Waals surface area (Å²) in [5, 5.41) is 22.5. The number of pyridine rings is 2. The molecule has 33 heavy (non-hydrogen) atoms. The smallest absolute Gasteiger partial charge is 0.417 e. The summed E-state index contributed by atoms with van der Waals surface area (Å²) in [5.74, 6) is -1.24. The average Bonchev–Trinajstić information content (AvgIpc) is 3.14. The number of carbonyl (C=O) groups is 1. The van der Waals surface area contributed by atoms with Gasteiger partial charge in [-0.1, -0.05) is 0 Å². The molecule has 0 aliphatic carbocycles. The molecule has 5 N–H and O–H groups in total. The highest BCUT2D eigenvalue weighted by molar-refractivity contribution is 7.21. The number of rotatable bonds is 6. The third-order valence-corrected chi connectivity index (χ3v) is 6.78. The van der Waals surface area contributed by atoms with E-state index in [-0.39, 0.29) is 27.0 Å². The first-order chi connectivity index (χ1) is 15.6. The first-order valence-corrected chi connectivity index (χ1v) is 11.1. The van der Waals surface area contributed by atoms with Crippen molar-refractivity contribution in [3.8, 4) is 0 Å². The number of hydrogen-bond donors (Lipinski definition) is 4. The van der Waals surface area contributed by atoms with E-state index in [1.165, 1.54) is 0 Å². The number of piperidine rings is 1. The Balaban J connectivity index is 1.48. The predicted molar refractivity (Wildman–Crippen MR) is 118 cm³/mol. The second-order valence-corrected chi connectivity index (χ2v) is 8.82. The van der Waals surface area contributed by atoms with Crippen LogP contribution in [0.2, 0.25) is 0 Å². The van der Waals surface area contributed by atoms with Crippen molar-refractivity contribution in [2.75, 3.05) is 30.3 Å². The Bertz CT molecular complexity index is 1150. The molecule has 1 aliphatic rings. The molecule has 0 radical (unpaired) electrons. The molecule has 0 bridgehead atoms. The summed E-state index contributed by atoms with van der Waals surface area (Å²) in [4.78, 5) is 20.9. The van der Waals surface area contributed by atoms with Crippen molar-refractivity contribution in [2.45, 2.75) is 31.2 Å². The highest BCUT2D eigenvalue weighted by atomic mass is 32.1. The van der Waals surface area contributed by atoms with E-state index in [2.05, 4.69) is 15.3 Å². The lowest BCUT2D eigenvalue weighted by Gasteiger charge is -2.34. The van der Waals surface area contributed by atoms with Crippen molar-refractivity contribution in [2.24, 2.45) is 0 Å². The Morgan fingerprint density at radius 1 is 1.30 bits per heavy atom. The van der Waals surface area contributed by atoms with Gasteiger partial charge in [0, 0.05) is 43.5 Å². The van der Waals surface area contributed by atoms with E-state index >= 15 is 0 Å². The predicted octanol–water partition coefficient (Wildman–Crippen LogP) is 3.28. The molecule has 3 aromatic rings. The normalized spacial score (nSPS) is 16.3. The van der Waals surface area contributed by atoms with Gasteiger partial charge in [0.15, 0.2) is 0 Å². The first-order valence-electron chi connectivity index (χ1n) is 10.2. The van der Waals surface area contributed by atoms with Crippen LogP contribution in [0.1, 0.15) is 39.7 Å². The number of aliphatic hydroxyl groups excluding tert-OH is 1. The third kappa shape index (κ3) is 4.87. The Labute approximate surface area is 190 Å². The van der Waals surface area contributed by atoms with Crippen LogP contribution in [0.25, 0.3) is 10.2 Å². The number of thiophene rings is 1. The second kappa shape index (κ2) is 9.12. The topological polar surface area (TPSA) is 125 Å². The largest absolute Gasteiger partial charge is 0.477 e. The first kappa shape index (κ1) is 23.2. The van der Waals surface area contributed by atoms with Crippen LogP contribution >= 0.6 is 11.3 Å². The minimum atomic E-state index is -4.70. The molecule has 8 nitrogen and oxygen atoms in total. The fraction of sp³-hybridized carbons (Fsp3) is 0.381. The minimum absolute atomic E-state index is 0.0459. The van der Waals surface area contributed by atoms with E-state index in [0.717, 1.165) is 11.6 Å². The van der Waals surface area contributed by atoms with Gasteiger partial charge in [-0.25, -0.2) is 9.78 Å². The number of aromatic carboxylic acids is 1. The van der Waals surface area contributed by atoms with Gasteiger partial charge in [0.05, 0.1) is 17.4 Å². The van der Waals surface area contributed by atoms with E-state index in [1.807, 2.05) is 0 Å². The molecule has 0 amide bonds. The Morgan fingerprint density at radius 3 is 2.58 bits per heavy atom. The molecule has 0 spiro atoms. The fourth-order valence-electron chi connectivity index (χ4n) is 3.95. The second-order valence-electron chi connectivity index (χ2n) is 7.82. The van der Waals surface area contributed by atoms with Gasteiger partial charge in [-0.2, -0.15) is 13.2 Å². The van der Waals surface area contributed by atoms with Crippen LogP contribution < -0.4 is 16.0 Å². The number of hydrogen-bond acceptors (Lipinski definition) is 8. The molecule has 3 aromatic heterocycles. The van der Waals surface area contributed by atoms with E-state index in [0.29, 0.717) is 43.8 Å². The number of nitrogens with zero attached hydrogens (tertiary/aromatic N) is 3. The zero-order valence-electron chi connectivity index (χ0n) is 17.3. The molecule has 0 aromatic carbocycles. The maximum atomic E-state index is 13.8. The number of carboxylic acid groups (broad SMARTS) is 1. The molecule has 1 atom stereocenters. The quantitative estimate of drug-likeness (QED) is 0.423. The van der Waals surface area contributed by atoms with Gasteiger partial charge >= 0.3 is 12.1 Å². The summed E-state index contributed by atoms with van der Waals surface area (Å²) < 4.78 is 41.3. The number of carboxylic acids is 1. The number of aliphatic hydroxyl groups is 1. The lowest BCUT2D eigenvalue weighted by Crippen LogP contribution is -2.44. The average molecular weight is 482 g/mol. The standard InChI is InChI=1S/C21H22F3N5O3S/c22-21(23,24)13-9-15(28-19-16(13)17(25)18(33-19)20(31)32)29-7-3-12(4-8-29)27-10-14(30)11-1-5-26-6-2-11/h1-2,5-6,9,12,14,27,30H,3-4,7-8,10,25H2,(H,31,32). The zero-order chi connectivity index (χ0) is 23.8. The fourth-order valence-corrected chi connectivity index (χ4v) is 4.90. The number of aromatic nitrogens is 2. The van der Waals surface area contributed by atoms with E-state index in [4.69, 9.17) is 5.73 Å². The van der Waals surface area contributed by atoms with Crippen LogP contribution in [0.15, 0.2) is 30.6 Å². The molecular formula is C21H22F3N5O3S. The van der Waals surface area contributed by atoms with Crippen LogP contribution in [0.3, 0.4) is 0 Å². The maximum Gasteiger partial charge on any atom is 0.417 e. The molecule has 1 aliphatic heterocycles. The molecule has 176 valence electrons. The van der Waals surface area contributed by atoms with Crippen LogP contribution in [-0.4, -0.2) is 51.8 Å². The van der Waals surface area contributed by atoms with Crippen molar-refractivity contribution in [1.82, 2.24) is 15.3 Å². The van der Waals surface area contributed by atoms with Crippen molar-refractivity contribution in [1.29, 1.82) is 0 Å². The van der Waals surface area contributed by atoms with Gasteiger partial charge in [-0.15, -0.1) is 11.3 Å². The molecule has 4 heterocycles. The highest BCUT2D eigenvalue weighted by Crippen LogP contribution is 2.43. The van der Waals surface area contributed by atoms with Gasteiger partial charge in [0.1, 0.15) is 15.5 Å². The van der Waals surface area contributed by atoms with Gasteiger partial charge in [0.25, 0.3) is 0 Å². The summed E-state index contributed by atoms with van der Waals surface area (Å²) in [6.45, 7) is 1.28. The third-order valence-electron chi connectivity index (χ3n) is 5.69. The van der Waals surface area contributed by atoms with Crippen LogP contribution in [-0.2, 0) is 6.18 Å². The number of nitrogens with two attached hydrogens (primary N) is 1. The number of anilines is 2. The SMILES string of the molecule is Nc1c(C(=O)O)sc2nc(N3CCC(NCC(O)c4ccncc4)CC3)cc(C(F)(F)F)c12. The summed E-state index contributed by atoms with van der Waals surface area (Å²) >= 11 is 0.643. The van der Waals surface area contributed by atoms with Crippen molar-refractivity contribution in [3.63, 3.8) is 0 Å². The van der Waals surface area contributed by atoms with Gasteiger partial charge in [0.2, 0.25) is 0 Å². The van der Waals surface area contributed by atoms with E-state index in [9.17, 15) is 28.2 Å². The van der Waals surface area contributed by atoms with Crippen molar-refractivity contribution < 1.29 is 28.2 Å². The zero-order valence-corrected chi connectivity index (χ0v) is 18.2. The summed E-state index contributed by atoms with van der Waals surface area (Å²) in [7, 11) is 0. The monoisotopic (exact) mass is 481 g/mol. The van der Waals surface area contributed by atoms with Crippen LogP contribution in [0.5, 0.6) is 0 Å². The van der Waals surface area contributed by atoms with Crippen LogP contribution in [0.4, 0.5) is 24.7 Å². The number of nitrogens with one attached hydrogen (secondary N) is 1. The minimum Gasteiger partial charge on any atom is -0.477 e. The number of fused-ring (bicyclic) bond motifs is 1. The maximum absolute atomic E-state index is 13.8. The van der Waals surface area contributed by atoms with Gasteiger partial charge in [-0.05, 0) is 36.6 Å². The number of alkyl halides is 3. The lowest BCUT2D eigenvalue weighted by molar-refractivity contribution is -0.136. The molecule has 12 heteroatoms. The summed E-state index contributed by atoms with van der Waals surface area (Å²) in [5.41, 5.74) is 5.09. The molecule has 0 saturated carbocycles. The van der Waals surface area contributed by atoms with Gasteiger partial charge < -0.3 is 26.2 Å². The summed E-state index contributed by atoms with van der Waals surface area (Å²) in [6.07, 6.45) is -0.872. The van der Waals surface area contributed by atoms with Crippen LogP contribution in [0, 0.1) is 0 Å². The molecule has 1 unspecified atom stereocenters. The highest BCUT2D eigenvalue weighted by Gasteiger charge is 2.37. The number of nitrogen functional groups attached to an aromatic ring is 1. The van der Waals surface area contributed by atoms with Crippen molar-refractivity contribution >= 4 is 39.0 Å². The van der Waals surface area contributed by atoms with Crippen molar-refractivity contribution in [3.05, 3.63) is 46.6 Å². The molecule has 1 saturated heterocycles. The Hall–Kier alpha value is -2.96. The molecule has 1 fully saturated rings. The lowest BCUT2D eigenvalue weighted by atomic mass is 10.0. The van der Waals surface area contributed by atoms with E-state index < -0.39 is 29.5 Å². The summed E-state index contributed by atoms with van der Waals surface area (Å²) in [6, 6.07) is 4.52.